The third-order valence-electron chi connectivity index (χ3n) is 2.53. The number of carboxylic acid groups (broad SMARTS) is 1. The van der Waals surface area contributed by atoms with Crippen LogP contribution in [0.25, 0.3) is 6.08 Å². The molecule has 1 aromatic carbocycles. The first-order valence-corrected chi connectivity index (χ1v) is 5.69. The van der Waals surface area contributed by atoms with Gasteiger partial charge in [0.1, 0.15) is 5.70 Å². The van der Waals surface area contributed by atoms with Gasteiger partial charge in [-0.15, -0.1) is 0 Å². The molecule has 0 fully saturated rings. The van der Waals surface area contributed by atoms with E-state index in [0.717, 1.165) is 5.56 Å². The van der Waals surface area contributed by atoms with Gasteiger partial charge in [0.15, 0.2) is 0 Å². The van der Waals surface area contributed by atoms with Crippen molar-refractivity contribution >= 4 is 12.0 Å². The molecule has 0 spiro atoms. The molecule has 18 heavy (non-hydrogen) atoms. The highest BCUT2D eigenvalue weighted by Gasteiger charge is 2.13. The molecule has 0 unspecified atom stereocenters. The van der Waals surface area contributed by atoms with E-state index in [4.69, 9.17) is 5.11 Å². The van der Waals surface area contributed by atoms with Crippen molar-refractivity contribution in [2.75, 3.05) is 7.11 Å². The first-order chi connectivity index (χ1) is 8.34. The Balaban J connectivity index is 2.98. The topological polar surface area (TPSA) is 58.6 Å². The van der Waals surface area contributed by atoms with Crippen molar-refractivity contribution in [1.29, 1.82) is 0 Å². The van der Waals surface area contributed by atoms with Crippen molar-refractivity contribution < 1.29 is 14.7 Å². The average Bonchev–Trinajstić information content (AvgIpc) is 2.28. The predicted molar refractivity (Wildman–Crippen MR) is 70.9 cm³/mol. The van der Waals surface area contributed by atoms with E-state index in [1.807, 2.05) is 24.3 Å². The van der Waals surface area contributed by atoms with Crippen LogP contribution in [-0.2, 0) is 15.0 Å². The van der Waals surface area contributed by atoms with Crippen molar-refractivity contribution in [2.45, 2.75) is 26.2 Å². The summed E-state index contributed by atoms with van der Waals surface area (Å²) >= 11 is 0. The van der Waals surface area contributed by atoms with Crippen LogP contribution < -0.4 is 5.48 Å². The zero-order valence-corrected chi connectivity index (χ0v) is 11.2. The Kier molecular flexibility index (Phi) is 4.50. The molecule has 0 aliphatic carbocycles. The molecule has 0 atom stereocenters. The normalized spacial score (nSPS) is 12.3. The number of nitrogens with one attached hydrogen (secondary N) is 1. The largest absolute Gasteiger partial charge is 0.477 e. The fourth-order valence-corrected chi connectivity index (χ4v) is 1.49. The zero-order chi connectivity index (χ0) is 13.8. The number of carboxylic acids is 1. The Bertz CT molecular complexity index is 441. The van der Waals surface area contributed by atoms with Crippen molar-refractivity contribution in [3.63, 3.8) is 0 Å². The number of carbonyl (C=O) groups is 1. The van der Waals surface area contributed by atoms with Crippen LogP contribution in [0.5, 0.6) is 0 Å². The molecular weight excluding hydrogens is 230 g/mol. The van der Waals surface area contributed by atoms with Crippen LogP contribution in [0.2, 0.25) is 0 Å². The summed E-state index contributed by atoms with van der Waals surface area (Å²) in [4.78, 5) is 15.5. The number of benzene rings is 1. The van der Waals surface area contributed by atoms with E-state index in [1.54, 1.807) is 0 Å². The molecule has 0 heterocycles. The predicted octanol–water partition coefficient (Wildman–Crippen LogP) is 2.56. The number of rotatable bonds is 4. The van der Waals surface area contributed by atoms with E-state index in [2.05, 4.69) is 31.1 Å². The average molecular weight is 249 g/mol. The van der Waals surface area contributed by atoms with Gasteiger partial charge in [-0.25, -0.2) is 4.79 Å². The lowest BCUT2D eigenvalue weighted by molar-refractivity contribution is -0.134. The lowest BCUT2D eigenvalue weighted by Crippen LogP contribution is -2.18. The Hall–Kier alpha value is -1.81. The number of hydroxylamine groups is 1. The van der Waals surface area contributed by atoms with E-state index < -0.39 is 5.97 Å². The van der Waals surface area contributed by atoms with Crippen molar-refractivity contribution in [3.8, 4) is 0 Å². The summed E-state index contributed by atoms with van der Waals surface area (Å²) in [5.41, 5.74) is 4.44. The number of aliphatic carboxylic acids is 1. The van der Waals surface area contributed by atoms with Crippen LogP contribution in [-0.4, -0.2) is 18.2 Å². The van der Waals surface area contributed by atoms with Crippen LogP contribution in [0.4, 0.5) is 0 Å². The molecule has 0 aliphatic rings. The first kappa shape index (κ1) is 14.3. The smallest absolute Gasteiger partial charge is 0.354 e. The van der Waals surface area contributed by atoms with Gasteiger partial charge in [0, 0.05) is 0 Å². The minimum atomic E-state index is -1.06. The van der Waals surface area contributed by atoms with Gasteiger partial charge in [-0.2, -0.15) is 0 Å². The molecule has 0 saturated carbocycles. The van der Waals surface area contributed by atoms with Gasteiger partial charge in [-0.1, -0.05) is 45.0 Å². The van der Waals surface area contributed by atoms with Crippen molar-refractivity contribution in [1.82, 2.24) is 5.48 Å². The van der Waals surface area contributed by atoms with Crippen LogP contribution in [0.15, 0.2) is 30.0 Å². The molecule has 1 rings (SSSR count). The quantitative estimate of drug-likeness (QED) is 0.636. The van der Waals surface area contributed by atoms with Crippen LogP contribution >= 0.6 is 0 Å². The van der Waals surface area contributed by atoms with Crippen molar-refractivity contribution in [2.24, 2.45) is 0 Å². The highest BCUT2D eigenvalue weighted by Crippen LogP contribution is 2.22. The van der Waals surface area contributed by atoms with Gasteiger partial charge in [0.2, 0.25) is 0 Å². The number of hydrogen-bond donors (Lipinski definition) is 2. The molecule has 0 saturated heterocycles. The maximum atomic E-state index is 10.9. The zero-order valence-electron chi connectivity index (χ0n) is 11.2. The molecule has 0 bridgehead atoms. The standard InChI is InChI=1S/C14H19NO3/c1-14(2,3)11-7-5-10(6-8-11)9-12(13(16)17)15-18-4/h5-9,15H,1-4H3,(H,16,17)/b12-9+. The lowest BCUT2D eigenvalue weighted by Gasteiger charge is -2.18. The molecule has 98 valence electrons. The lowest BCUT2D eigenvalue weighted by atomic mass is 9.87. The fraction of sp³-hybridized carbons (Fsp3) is 0.357. The Morgan fingerprint density at radius 1 is 1.28 bits per heavy atom. The van der Waals surface area contributed by atoms with E-state index in [1.165, 1.54) is 18.7 Å². The summed E-state index contributed by atoms with van der Waals surface area (Å²) in [5.74, 6) is -1.06. The Morgan fingerprint density at radius 3 is 2.22 bits per heavy atom. The van der Waals surface area contributed by atoms with E-state index in [9.17, 15) is 4.79 Å². The summed E-state index contributed by atoms with van der Waals surface area (Å²) in [5, 5.41) is 8.94. The molecule has 0 radical (unpaired) electrons. The fourth-order valence-electron chi connectivity index (χ4n) is 1.49. The minimum absolute atomic E-state index is 0.000934. The number of hydrogen-bond acceptors (Lipinski definition) is 3. The van der Waals surface area contributed by atoms with Crippen molar-refractivity contribution in [3.05, 3.63) is 41.1 Å². The summed E-state index contributed by atoms with van der Waals surface area (Å²) in [7, 11) is 1.37. The monoisotopic (exact) mass is 249 g/mol. The third-order valence-corrected chi connectivity index (χ3v) is 2.53. The van der Waals surface area contributed by atoms with Gasteiger partial charge < -0.3 is 5.11 Å². The molecule has 2 N–H and O–H groups in total. The van der Waals surface area contributed by atoms with E-state index in [0.29, 0.717) is 0 Å². The maximum Gasteiger partial charge on any atom is 0.354 e. The summed E-state index contributed by atoms with van der Waals surface area (Å²) in [6.45, 7) is 6.40. The highest BCUT2D eigenvalue weighted by atomic mass is 16.6. The summed E-state index contributed by atoms with van der Waals surface area (Å²) in [6, 6.07) is 7.78. The second-order valence-electron chi connectivity index (χ2n) is 5.04. The Morgan fingerprint density at radius 2 is 1.83 bits per heavy atom. The van der Waals surface area contributed by atoms with Gasteiger partial charge in [0.05, 0.1) is 7.11 Å². The SMILES string of the molecule is CON/C(=C/c1ccc(C(C)(C)C)cc1)C(=O)O. The van der Waals surface area contributed by atoms with Gasteiger partial charge >= 0.3 is 5.97 Å². The summed E-state index contributed by atoms with van der Waals surface area (Å²) < 4.78 is 0. The summed E-state index contributed by atoms with van der Waals surface area (Å²) in [6.07, 6.45) is 1.53. The Labute approximate surface area is 107 Å². The van der Waals surface area contributed by atoms with Gasteiger partial charge in [-0.05, 0) is 22.6 Å². The minimum Gasteiger partial charge on any atom is -0.477 e. The van der Waals surface area contributed by atoms with Crippen LogP contribution in [0.3, 0.4) is 0 Å². The van der Waals surface area contributed by atoms with Gasteiger partial charge in [-0.3, -0.25) is 10.3 Å². The first-order valence-electron chi connectivity index (χ1n) is 5.69. The van der Waals surface area contributed by atoms with Crippen LogP contribution in [0.1, 0.15) is 31.9 Å². The van der Waals surface area contributed by atoms with E-state index in [-0.39, 0.29) is 11.1 Å². The third kappa shape index (κ3) is 3.89. The second kappa shape index (κ2) is 5.69. The van der Waals surface area contributed by atoms with Crippen LogP contribution in [0, 0.1) is 0 Å². The molecule has 0 amide bonds. The second-order valence-corrected chi connectivity index (χ2v) is 5.04. The maximum absolute atomic E-state index is 10.9. The molecule has 4 heteroatoms. The molecule has 4 nitrogen and oxygen atoms in total. The molecule has 0 aromatic heterocycles. The highest BCUT2D eigenvalue weighted by molar-refractivity contribution is 5.91. The molecule has 1 aromatic rings. The van der Waals surface area contributed by atoms with E-state index >= 15 is 0 Å². The molecular formula is C14H19NO3. The van der Waals surface area contributed by atoms with Gasteiger partial charge in [0.25, 0.3) is 0 Å². The molecule has 0 aliphatic heterocycles.